The molecule has 9 aliphatic carbocycles. The molecule has 76 heavy (non-hydrogen) atoms. The average Bonchev–Trinajstić information content (AvgIpc) is 4.18. The van der Waals surface area contributed by atoms with E-state index < -0.39 is 0 Å². The van der Waals surface area contributed by atoms with Crippen LogP contribution in [0.5, 0.6) is 0 Å². The van der Waals surface area contributed by atoms with Gasteiger partial charge in [0.05, 0.1) is 12.1 Å². The van der Waals surface area contributed by atoms with Crippen LogP contribution in [-0.4, -0.2) is 19.6 Å². The van der Waals surface area contributed by atoms with Gasteiger partial charge < -0.3 is 59.4 Å². The molecule has 0 aromatic carbocycles. The van der Waals surface area contributed by atoms with E-state index >= 15 is 0 Å². The van der Waals surface area contributed by atoms with Crippen molar-refractivity contribution in [2.75, 3.05) is 0 Å². The number of aromatic nitrogens is 4. The Balaban J connectivity index is -0.000000165. The van der Waals surface area contributed by atoms with Crippen LogP contribution in [0.1, 0.15) is 300 Å². The van der Waals surface area contributed by atoms with Gasteiger partial charge in [-0.15, -0.1) is 0 Å². The summed E-state index contributed by atoms with van der Waals surface area (Å²) >= 11 is 0. The van der Waals surface area contributed by atoms with E-state index in [9.17, 15) is 9.59 Å². The topological polar surface area (TPSA) is 75.6 Å². The Morgan fingerprint density at radius 1 is 0.368 bits per heavy atom. The molecular weight excluding hydrogens is 1100 g/mol. The molecular formula is C66H126Fe4N4O2. The van der Waals surface area contributed by atoms with Crippen LogP contribution in [0.3, 0.4) is 0 Å². The fourth-order valence-corrected chi connectivity index (χ4v) is 13.6. The molecule has 2 heterocycles. The summed E-state index contributed by atoms with van der Waals surface area (Å²) in [6.07, 6.45) is 61.8. The molecule has 0 spiro atoms. The first-order valence-corrected chi connectivity index (χ1v) is 29.2. The van der Waals surface area contributed by atoms with E-state index in [0.717, 1.165) is 42.2 Å². The van der Waals surface area contributed by atoms with Crippen molar-refractivity contribution in [1.29, 1.82) is 0 Å². The molecule has 2 aromatic heterocycles. The van der Waals surface area contributed by atoms with E-state index in [0.29, 0.717) is 18.0 Å². The van der Waals surface area contributed by atoms with Crippen molar-refractivity contribution in [3.05, 3.63) is 104 Å². The summed E-state index contributed by atoms with van der Waals surface area (Å²) in [6, 6.07) is 4.53. The number of H-pyrrole nitrogens is 2. The van der Waals surface area contributed by atoms with Crippen molar-refractivity contribution < 1.29 is 68.3 Å². The molecule has 6 nitrogen and oxygen atoms in total. The number of hydrogen-bond donors (Lipinski definition) is 2. The minimum Gasteiger partial charge on any atom is -0.358 e. The van der Waals surface area contributed by atoms with Crippen molar-refractivity contribution in [2.45, 2.75) is 302 Å². The Morgan fingerprint density at radius 3 is 1.00 bits per heavy atom. The Kier molecular flexibility index (Phi) is 64.3. The van der Waals surface area contributed by atoms with Gasteiger partial charge in [0.15, 0.2) is 0 Å². The molecule has 0 bridgehead atoms. The van der Waals surface area contributed by atoms with Crippen LogP contribution in [0.15, 0.2) is 21.7 Å². The van der Waals surface area contributed by atoms with Gasteiger partial charge in [0.2, 0.25) is 0 Å². The molecule has 0 radical (unpaired) electrons. The maximum atomic E-state index is 12.8. The Bertz CT molecular complexity index is 1510. The zero-order chi connectivity index (χ0) is 44.4. The zero-order valence-electron chi connectivity index (χ0n) is 51.4. The summed E-state index contributed by atoms with van der Waals surface area (Å²) in [6.45, 7) is 2.20. The number of aryl methyl sites for hydroxylation is 1. The zero-order valence-corrected chi connectivity index (χ0v) is 55.9. The molecule has 9 saturated carbocycles. The first kappa shape index (κ1) is 89.9. The third-order valence-corrected chi connectivity index (χ3v) is 17.7. The van der Waals surface area contributed by atoms with E-state index in [1.165, 1.54) is 275 Å². The number of aromatic amines is 2. The largest absolute Gasteiger partial charge is 2.00 e. The molecule has 10 heteroatoms. The second-order valence-corrected chi connectivity index (χ2v) is 22.8. The van der Waals surface area contributed by atoms with Crippen LogP contribution in [0.4, 0.5) is 0 Å². The molecule has 2 N–H and O–H groups in total. The molecule has 9 aliphatic rings. The quantitative estimate of drug-likeness (QED) is 0.184. The Hall–Kier alpha value is 0.0979. The number of nitrogens with one attached hydrogen (secondary N) is 2. The predicted molar refractivity (Wildman–Crippen MR) is 324 cm³/mol. The van der Waals surface area contributed by atoms with Gasteiger partial charge in [-0.2, -0.15) is 0 Å². The van der Waals surface area contributed by atoms with Crippen LogP contribution in [0, 0.1) is 89.0 Å². The van der Waals surface area contributed by atoms with Crippen LogP contribution < -0.4 is 11.1 Å². The predicted octanol–water partition coefficient (Wildman–Crippen LogP) is 20.7. The Labute approximate surface area is 518 Å². The molecule has 2 unspecified atom stereocenters. The van der Waals surface area contributed by atoms with Gasteiger partial charge in [-0.25, -0.2) is 9.36 Å². The molecule has 11 rings (SSSR count). The third-order valence-electron chi connectivity index (χ3n) is 17.7. The Morgan fingerprint density at radius 2 is 0.632 bits per heavy atom. The van der Waals surface area contributed by atoms with E-state index in [1.54, 1.807) is 0 Å². The second kappa shape index (κ2) is 54.4. The summed E-state index contributed by atoms with van der Waals surface area (Å²) in [4.78, 5) is 25.0. The van der Waals surface area contributed by atoms with E-state index in [-0.39, 0.29) is 139 Å². The van der Waals surface area contributed by atoms with Crippen molar-refractivity contribution in [3.8, 4) is 0 Å². The average molecular weight is 1230 g/mol. The normalized spacial score (nSPS) is 20.3. The standard InChI is InChI=1S/C21H34N2O.C17H28N2O.4C5H10.8CH3.4Fe/c24-20-15-19(14-16-8-4-5-9-16)22-23(20)21(18-12-6-7-13-18)17-10-2-1-3-11-17;1-13(15-8-4-5-9-15)19-17(20)12-16(18-19)11-10-14-6-2-3-7-14;4*1-2-4-5-3-1;;;;;;;;;;;;/h15-18,21-22H,1-14H2;12-15,18H,2-11H2,1H3;4*1-5H2;8*1H3;;;;/q;;;;;;8*-1;4*+2. The third kappa shape index (κ3) is 33.3. The maximum absolute atomic E-state index is 12.8. The van der Waals surface area contributed by atoms with Gasteiger partial charge >= 0.3 is 68.3 Å². The van der Waals surface area contributed by atoms with E-state index in [2.05, 4.69) is 21.8 Å². The fraction of sp³-hybridized carbons (Fsp3) is 0.788. The summed E-state index contributed by atoms with van der Waals surface area (Å²) in [7, 11) is 0. The van der Waals surface area contributed by atoms with Gasteiger partial charge in [0, 0.05) is 23.5 Å². The van der Waals surface area contributed by atoms with Crippen LogP contribution in [0.2, 0.25) is 0 Å². The van der Waals surface area contributed by atoms with Crippen LogP contribution >= 0.6 is 0 Å². The van der Waals surface area contributed by atoms with Crippen molar-refractivity contribution in [2.24, 2.45) is 29.6 Å². The molecule has 2 aromatic rings. The number of nitrogens with zero attached hydrogens (tertiary/aromatic N) is 2. The summed E-state index contributed by atoms with van der Waals surface area (Å²) in [5, 5.41) is 6.97. The van der Waals surface area contributed by atoms with Crippen molar-refractivity contribution >= 4 is 0 Å². The number of hydrogen-bond acceptors (Lipinski definition) is 2. The summed E-state index contributed by atoms with van der Waals surface area (Å²) in [5.41, 5.74) is 2.76. The first-order chi connectivity index (χ1) is 31.5. The van der Waals surface area contributed by atoms with Crippen molar-refractivity contribution in [1.82, 2.24) is 19.6 Å². The molecule has 0 saturated heterocycles. The summed E-state index contributed by atoms with van der Waals surface area (Å²) in [5.74, 6) is 3.83. The smallest absolute Gasteiger partial charge is 0.358 e. The minimum atomic E-state index is 0. The van der Waals surface area contributed by atoms with E-state index in [4.69, 9.17) is 0 Å². The van der Waals surface area contributed by atoms with E-state index in [1.807, 2.05) is 16.8 Å². The molecule has 454 valence electrons. The van der Waals surface area contributed by atoms with Gasteiger partial charge in [-0.3, -0.25) is 19.8 Å². The van der Waals surface area contributed by atoms with Gasteiger partial charge in [0.1, 0.15) is 0 Å². The van der Waals surface area contributed by atoms with Gasteiger partial charge in [0.25, 0.3) is 11.1 Å². The first-order valence-electron chi connectivity index (χ1n) is 29.2. The molecule has 2 atom stereocenters. The van der Waals surface area contributed by atoms with Gasteiger partial charge in [-0.1, -0.05) is 225 Å². The second-order valence-electron chi connectivity index (χ2n) is 22.8. The minimum absolute atomic E-state index is 0. The monoisotopic (exact) mass is 1230 g/mol. The fourth-order valence-electron chi connectivity index (χ4n) is 13.6. The molecule has 0 amide bonds. The van der Waals surface area contributed by atoms with Crippen molar-refractivity contribution in [3.63, 3.8) is 0 Å². The SMILES string of the molecule is C1CCCC1.C1CCCC1.C1CCCC1.C1CCCC1.CC(C1CCCC1)n1[nH]c(CCC2CCCC2)cc1=O.O=c1cc(CC2CCCC2)[nH]n1C(C1CCCCC1)C1CCCC1.[CH3-].[CH3-].[CH3-].[CH3-].[CH3-].[CH3-].[CH3-].[CH3-].[Fe+2].[Fe+2].[Fe+2].[Fe+2]. The maximum Gasteiger partial charge on any atom is 2.00 e. The molecule has 9 fully saturated rings. The summed E-state index contributed by atoms with van der Waals surface area (Å²) < 4.78 is 3.97. The number of rotatable bonds is 10. The van der Waals surface area contributed by atoms with Crippen LogP contribution in [0.25, 0.3) is 0 Å². The van der Waals surface area contributed by atoms with Gasteiger partial charge in [-0.05, 0) is 94.3 Å². The molecule has 0 aliphatic heterocycles. The van der Waals surface area contributed by atoms with Crippen LogP contribution in [-0.2, 0) is 81.1 Å².